The highest BCUT2D eigenvalue weighted by Gasteiger charge is 2.24. The monoisotopic (exact) mass is 198 g/mol. The van der Waals surface area contributed by atoms with Gasteiger partial charge in [0.15, 0.2) is 0 Å². The Morgan fingerprint density at radius 3 is 2.57 bits per heavy atom. The molecule has 0 heterocycles. The molecule has 0 aliphatic heterocycles. The molecule has 1 aliphatic carbocycles. The van der Waals surface area contributed by atoms with Gasteiger partial charge in [-0.25, -0.2) is 0 Å². The summed E-state index contributed by atoms with van der Waals surface area (Å²) in [7, 11) is 0. The number of hydrogen-bond donors (Lipinski definition) is 2. The van der Waals surface area contributed by atoms with Gasteiger partial charge in [-0.2, -0.15) is 0 Å². The van der Waals surface area contributed by atoms with Gasteiger partial charge < -0.3 is 10.6 Å². The molecule has 14 heavy (non-hydrogen) atoms. The molecule has 0 unspecified atom stereocenters. The highest BCUT2D eigenvalue weighted by atomic mass is 16.1. The van der Waals surface area contributed by atoms with Gasteiger partial charge in [-0.05, 0) is 32.6 Å². The van der Waals surface area contributed by atoms with Gasteiger partial charge in [-0.15, -0.1) is 0 Å². The third-order valence-electron chi connectivity index (χ3n) is 2.61. The number of nitrogens with one attached hydrogen (secondary N) is 2. The minimum Gasteiger partial charge on any atom is -0.354 e. The van der Waals surface area contributed by atoms with E-state index in [0.29, 0.717) is 12.5 Å². The van der Waals surface area contributed by atoms with Gasteiger partial charge in [0.25, 0.3) is 0 Å². The van der Waals surface area contributed by atoms with Gasteiger partial charge in [-0.3, -0.25) is 4.79 Å². The van der Waals surface area contributed by atoms with Crippen molar-refractivity contribution in [2.45, 2.75) is 52.1 Å². The summed E-state index contributed by atoms with van der Waals surface area (Å²) in [6.45, 7) is 7.05. The third kappa shape index (κ3) is 4.09. The number of carbonyl (C=O) groups is 1. The van der Waals surface area contributed by atoms with Crippen LogP contribution in [0.25, 0.3) is 0 Å². The van der Waals surface area contributed by atoms with E-state index in [2.05, 4.69) is 17.6 Å². The van der Waals surface area contributed by atoms with Crippen LogP contribution < -0.4 is 10.6 Å². The molecule has 1 fully saturated rings. The van der Waals surface area contributed by atoms with Crippen LogP contribution in [0.2, 0.25) is 0 Å². The Bertz CT molecular complexity index is 186. The van der Waals surface area contributed by atoms with Crippen LogP contribution in [0.3, 0.4) is 0 Å². The lowest BCUT2D eigenvalue weighted by atomic mass is 9.82. The van der Waals surface area contributed by atoms with Gasteiger partial charge in [0.2, 0.25) is 5.91 Å². The highest BCUT2D eigenvalue weighted by molar-refractivity contribution is 5.76. The van der Waals surface area contributed by atoms with Crippen LogP contribution in [0.15, 0.2) is 0 Å². The number of hydrogen-bond acceptors (Lipinski definition) is 2. The summed E-state index contributed by atoms with van der Waals surface area (Å²) in [6, 6.07) is 0.920. The average molecular weight is 198 g/mol. The van der Waals surface area contributed by atoms with E-state index in [-0.39, 0.29) is 11.9 Å². The van der Waals surface area contributed by atoms with Crippen molar-refractivity contribution in [3.63, 3.8) is 0 Å². The van der Waals surface area contributed by atoms with Crippen molar-refractivity contribution < 1.29 is 4.79 Å². The van der Waals surface area contributed by atoms with E-state index in [9.17, 15) is 4.79 Å². The molecule has 0 saturated heterocycles. The van der Waals surface area contributed by atoms with Crippen LogP contribution in [0.1, 0.15) is 40.0 Å². The van der Waals surface area contributed by atoms with Crippen LogP contribution in [-0.4, -0.2) is 24.5 Å². The van der Waals surface area contributed by atoms with Crippen molar-refractivity contribution in [3.8, 4) is 0 Å². The number of amides is 1. The zero-order valence-corrected chi connectivity index (χ0v) is 9.47. The maximum Gasteiger partial charge on any atom is 0.221 e. The number of rotatable bonds is 5. The molecule has 1 rings (SSSR count). The fraction of sp³-hybridized carbons (Fsp3) is 0.909. The minimum atomic E-state index is 0.153. The van der Waals surface area contributed by atoms with Gasteiger partial charge >= 0.3 is 0 Å². The molecular weight excluding hydrogens is 176 g/mol. The zero-order valence-electron chi connectivity index (χ0n) is 9.47. The molecule has 0 bridgehead atoms. The topological polar surface area (TPSA) is 41.1 Å². The van der Waals surface area contributed by atoms with Crippen molar-refractivity contribution in [3.05, 3.63) is 0 Å². The van der Waals surface area contributed by atoms with E-state index in [1.165, 1.54) is 12.8 Å². The predicted octanol–water partition coefficient (Wildman–Crippen LogP) is 1.29. The minimum absolute atomic E-state index is 0.153. The van der Waals surface area contributed by atoms with E-state index in [1.807, 2.05) is 13.8 Å². The summed E-state index contributed by atoms with van der Waals surface area (Å²) in [6.07, 6.45) is 3.14. The first kappa shape index (κ1) is 11.5. The van der Waals surface area contributed by atoms with Gasteiger partial charge in [-0.1, -0.05) is 6.92 Å². The Morgan fingerprint density at radius 1 is 1.43 bits per heavy atom. The lowest BCUT2D eigenvalue weighted by Gasteiger charge is -2.33. The van der Waals surface area contributed by atoms with Crippen LogP contribution in [0.5, 0.6) is 0 Å². The average Bonchev–Trinajstić information content (AvgIpc) is 1.99. The quantitative estimate of drug-likeness (QED) is 0.699. The normalized spacial score (nSPS) is 26.0. The first-order chi connectivity index (χ1) is 6.58. The highest BCUT2D eigenvalue weighted by Crippen LogP contribution is 2.25. The Balaban J connectivity index is 1.96. The van der Waals surface area contributed by atoms with Crippen molar-refractivity contribution in [1.29, 1.82) is 0 Å². The van der Waals surface area contributed by atoms with E-state index < -0.39 is 0 Å². The summed E-state index contributed by atoms with van der Waals surface area (Å²) in [5, 5.41) is 6.28. The summed E-state index contributed by atoms with van der Waals surface area (Å²) >= 11 is 0. The van der Waals surface area contributed by atoms with Crippen LogP contribution in [0.4, 0.5) is 0 Å². The summed E-state index contributed by atoms with van der Waals surface area (Å²) in [5.41, 5.74) is 0. The lowest BCUT2D eigenvalue weighted by molar-refractivity contribution is -0.121. The summed E-state index contributed by atoms with van der Waals surface area (Å²) in [5.74, 6) is 1.02. The van der Waals surface area contributed by atoms with Crippen LogP contribution in [-0.2, 0) is 4.79 Å². The lowest BCUT2D eigenvalue weighted by Crippen LogP contribution is -2.42. The molecule has 1 amide bonds. The molecule has 0 aromatic heterocycles. The van der Waals surface area contributed by atoms with Gasteiger partial charge in [0.05, 0.1) is 0 Å². The molecule has 0 spiro atoms. The standard InChI is InChI=1S/C11H22N2O/c1-8(2)13-11(14)4-5-12-10-6-9(3)7-10/h8-10,12H,4-7H2,1-3H3,(H,13,14). The Labute approximate surface area is 86.6 Å². The smallest absolute Gasteiger partial charge is 0.221 e. The first-order valence-corrected chi connectivity index (χ1v) is 5.60. The molecule has 3 heteroatoms. The molecule has 1 saturated carbocycles. The molecule has 0 aromatic rings. The molecule has 0 aromatic carbocycles. The van der Waals surface area contributed by atoms with Crippen molar-refractivity contribution in [2.24, 2.45) is 5.92 Å². The van der Waals surface area contributed by atoms with Crippen LogP contribution in [0, 0.1) is 5.92 Å². The van der Waals surface area contributed by atoms with E-state index >= 15 is 0 Å². The first-order valence-electron chi connectivity index (χ1n) is 5.60. The van der Waals surface area contributed by atoms with E-state index in [1.54, 1.807) is 0 Å². The second-order valence-corrected chi connectivity index (χ2v) is 4.70. The maximum absolute atomic E-state index is 11.3. The largest absolute Gasteiger partial charge is 0.354 e. The fourth-order valence-electron chi connectivity index (χ4n) is 1.85. The molecule has 82 valence electrons. The Hall–Kier alpha value is -0.570. The van der Waals surface area contributed by atoms with E-state index in [0.717, 1.165) is 12.5 Å². The second-order valence-electron chi connectivity index (χ2n) is 4.70. The molecule has 1 aliphatic rings. The molecule has 0 atom stereocenters. The SMILES string of the molecule is CC1CC(NCCC(=O)NC(C)C)C1. The fourth-order valence-corrected chi connectivity index (χ4v) is 1.85. The third-order valence-corrected chi connectivity index (χ3v) is 2.61. The van der Waals surface area contributed by atoms with E-state index in [4.69, 9.17) is 0 Å². The number of carbonyl (C=O) groups excluding carboxylic acids is 1. The second kappa shape index (κ2) is 5.35. The molecule has 2 N–H and O–H groups in total. The predicted molar refractivity (Wildman–Crippen MR) is 58.1 cm³/mol. The summed E-state index contributed by atoms with van der Waals surface area (Å²) < 4.78 is 0. The van der Waals surface area contributed by atoms with Crippen LogP contribution >= 0.6 is 0 Å². The van der Waals surface area contributed by atoms with Gasteiger partial charge in [0.1, 0.15) is 0 Å². The zero-order chi connectivity index (χ0) is 10.6. The molecule has 3 nitrogen and oxygen atoms in total. The Morgan fingerprint density at radius 2 is 2.07 bits per heavy atom. The Kier molecular flexibility index (Phi) is 4.39. The van der Waals surface area contributed by atoms with Crippen molar-refractivity contribution in [1.82, 2.24) is 10.6 Å². The summed E-state index contributed by atoms with van der Waals surface area (Å²) in [4.78, 5) is 11.3. The maximum atomic E-state index is 11.3. The van der Waals surface area contributed by atoms with Gasteiger partial charge in [0, 0.05) is 25.0 Å². The molecular formula is C11H22N2O. The van der Waals surface area contributed by atoms with Crippen molar-refractivity contribution >= 4 is 5.91 Å². The molecule has 0 radical (unpaired) electrons. The van der Waals surface area contributed by atoms with Crippen molar-refractivity contribution in [2.75, 3.05) is 6.54 Å².